The van der Waals surface area contributed by atoms with Crippen LogP contribution in [0.25, 0.3) is 0 Å². The van der Waals surface area contributed by atoms with Crippen molar-refractivity contribution < 1.29 is 4.79 Å². The normalized spacial score (nSPS) is 9.75. The third-order valence-electron chi connectivity index (χ3n) is 2.70. The maximum Gasteiger partial charge on any atom is 0.272 e. The van der Waals surface area contributed by atoms with E-state index in [0.29, 0.717) is 17.3 Å². The summed E-state index contributed by atoms with van der Waals surface area (Å²) in [6.07, 6.45) is 1.56. The Hall–Kier alpha value is -2.22. The molecule has 0 unspecified atom stereocenters. The molecule has 0 radical (unpaired) electrons. The number of nitrogens with one attached hydrogen (secondary N) is 2. The van der Waals surface area contributed by atoms with Gasteiger partial charge in [-0.15, -0.1) is 0 Å². The summed E-state index contributed by atoms with van der Waals surface area (Å²) < 4.78 is 0. The van der Waals surface area contributed by atoms with Crippen molar-refractivity contribution in [3.8, 4) is 11.8 Å². The summed E-state index contributed by atoms with van der Waals surface area (Å²) in [7, 11) is 0. The maximum atomic E-state index is 12.0. The molecule has 0 aliphatic heterocycles. The number of aryl methyl sites for hydroxylation is 1. The molecule has 20 heavy (non-hydrogen) atoms. The smallest absolute Gasteiger partial charge is 0.272 e. The third-order valence-corrected chi connectivity index (χ3v) is 2.92. The van der Waals surface area contributed by atoms with Gasteiger partial charge in [-0.05, 0) is 36.8 Å². The Bertz CT molecular complexity index is 695. The lowest BCUT2D eigenvalue weighted by Crippen LogP contribution is -2.13. The maximum absolute atomic E-state index is 12.0. The van der Waals surface area contributed by atoms with E-state index in [4.69, 9.17) is 17.3 Å². The van der Waals surface area contributed by atoms with E-state index < -0.39 is 0 Å². The van der Waals surface area contributed by atoms with Crippen LogP contribution in [0.3, 0.4) is 0 Å². The van der Waals surface area contributed by atoms with Crippen molar-refractivity contribution in [2.45, 2.75) is 6.92 Å². The number of carbonyl (C=O) groups is 1. The zero-order chi connectivity index (χ0) is 14.5. The van der Waals surface area contributed by atoms with Crippen molar-refractivity contribution in [2.75, 3.05) is 11.9 Å². The molecule has 1 amide bonds. The third kappa shape index (κ3) is 3.41. The van der Waals surface area contributed by atoms with E-state index in [2.05, 4.69) is 22.1 Å². The summed E-state index contributed by atoms with van der Waals surface area (Å²) >= 11 is 5.77. The molecule has 1 aromatic heterocycles. The van der Waals surface area contributed by atoms with Crippen molar-refractivity contribution >= 4 is 23.2 Å². The Morgan fingerprint density at radius 1 is 1.45 bits per heavy atom. The number of hydrogen-bond donors (Lipinski definition) is 3. The Kier molecular flexibility index (Phi) is 4.46. The van der Waals surface area contributed by atoms with E-state index in [9.17, 15) is 4.79 Å². The average Bonchev–Trinajstić information content (AvgIpc) is 2.86. The zero-order valence-electron chi connectivity index (χ0n) is 11.0. The minimum Gasteiger partial charge on any atom is -0.356 e. The minimum atomic E-state index is -0.235. The molecule has 0 atom stereocenters. The second-order valence-electron chi connectivity index (χ2n) is 4.22. The zero-order valence-corrected chi connectivity index (χ0v) is 11.7. The highest BCUT2D eigenvalue weighted by molar-refractivity contribution is 6.31. The van der Waals surface area contributed by atoms with E-state index in [1.165, 1.54) is 0 Å². The van der Waals surface area contributed by atoms with Gasteiger partial charge in [0.2, 0.25) is 0 Å². The van der Waals surface area contributed by atoms with Gasteiger partial charge in [-0.2, -0.15) is 0 Å². The number of benzene rings is 1. The summed E-state index contributed by atoms with van der Waals surface area (Å²) in [6.45, 7) is 2.23. The lowest BCUT2D eigenvalue weighted by molar-refractivity contribution is 0.102. The monoisotopic (exact) mass is 287 g/mol. The van der Waals surface area contributed by atoms with Gasteiger partial charge in [0.1, 0.15) is 5.69 Å². The Labute approximate surface area is 122 Å². The fraction of sp³-hybridized carbons (Fsp3) is 0.133. The predicted molar refractivity (Wildman–Crippen MR) is 80.9 cm³/mol. The number of H-pyrrole nitrogens is 1. The highest BCUT2D eigenvalue weighted by Gasteiger charge is 2.09. The van der Waals surface area contributed by atoms with Crippen molar-refractivity contribution in [2.24, 2.45) is 5.73 Å². The molecule has 4 N–H and O–H groups in total. The first kappa shape index (κ1) is 14.2. The molecule has 5 heteroatoms. The quantitative estimate of drug-likeness (QED) is 0.743. The van der Waals surface area contributed by atoms with Gasteiger partial charge in [0.25, 0.3) is 5.91 Å². The highest BCUT2D eigenvalue weighted by atomic mass is 35.5. The minimum absolute atomic E-state index is 0.235. The number of nitrogens with two attached hydrogens (primary N) is 1. The summed E-state index contributed by atoms with van der Waals surface area (Å²) in [4.78, 5) is 14.8. The first-order valence-corrected chi connectivity index (χ1v) is 6.43. The summed E-state index contributed by atoms with van der Waals surface area (Å²) in [5.41, 5.74) is 8.28. The van der Waals surface area contributed by atoms with Crippen molar-refractivity contribution in [3.05, 3.63) is 52.3 Å². The van der Waals surface area contributed by atoms with E-state index in [1.807, 2.05) is 25.1 Å². The first-order chi connectivity index (χ1) is 9.60. The van der Waals surface area contributed by atoms with Crippen LogP contribution >= 0.6 is 11.6 Å². The molecule has 2 rings (SSSR count). The molecule has 1 aromatic carbocycles. The number of aromatic nitrogens is 1. The van der Waals surface area contributed by atoms with E-state index in [1.54, 1.807) is 12.3 Å². The second-order valence-corrected chi connectivity index (χ2v) is 4.66. The van der Waals surface area contributed by atoms with Crippen LogP contribution in [0.4, 0.5) is 5.69 Å². The lowest BCUT2D eigenvalue weighted by Gasteiger charge is -2.07. The van der Waals surface area contributed by atoms with Gasteiger partial charge in [-0.1, -0.05) is 23.4 Å². The van der Waals surface area contributed by atoms with E-state index >= 15 is 0 Å². The van der Waals surface area contributed by atoms with Crippen molar-refractivity contribution in [3.63, 3.8) is 0 Å². The second kappa shape index (κ2) is 6.29. The van der Waals surface area contributed by atoms with Gasteiger partial charge in [-0.3, -0.25) is 4.79 Å². The number of carbonyl (C=O) groups excluding carboxylic acids is 1. The molecule has 4 nitrogen and oxygen atoms in total. The number of aromatic amines is 1. The highest BCUT2D eigenvalue weighted by Crippen LogP contribution is 2.18. The summed E-state index contributed by atoms with van der Waals surface area (Å²) in [6, 6.07) is 7.14. The molecule has 0 spiro atoms. The fourth-order valence-electron chi connectivity index (χ4n) is 1.72. The molecular weight excluding hydrogens is 274 g/mol. The number of rotatable bonds is 2. The fourth-order valence-corrected chi connectivity index (χ4v) is 1.89. The van der Waals surface area contributed by atoms with Gasteiger partial charge in [0.15, 0.2) is 0 Å². The predicted octanol–water partition coefficient (Wildman–Crippen LogP) is 2.54. The lowest BCUT2D eigenvalue weighted by atomic mass is 10.1. The summed E-state index contributed by atoms with van der Waals surface area (Å²) in [5.74, 6) is 5.51. The molecule has 0 aliphatic carbocycles. The Morgan fingerprint density at radius 3 is 2.85 bits per heavy atom. The standard InChI is InChI=1S/C15H14ClN3O/c1-10-7-11(3-2-6-17)4-5-13(10)19-15(20)14-8-12(16)9-18-14/h4-5,7-9,18H,6,17H2,1H3,(H,19,20). The Balaban J connectivity index is 2.16. The largest absolute Gasteiger partial charge is 0.356 e. The molecule has 0 aliphatic rings. The molecular formula is C15H14ClN3O. The molecule has 0 bridgehead atoms. The number of hydrogen-bond acceptors (Lipinski definition) is 2. The van der Waals surface area contributed by atoms with Crippen LogP contribution in [-0.4, -0.2) is 17.4 Å². The number of anilines is 1. The van der Waals surface area contributed by atoms with Crippen LogP contribution < -0.4 is 11.1 Å². The van der Waals surface area contributed by atoms with Crippen LogP contribution in [0.15, 0.2) is 30.5 Å². The topological polar surface area (TPSA) is 70.9 Å². The average molecular weight is 288 g/mol. The van der Waals surface area contributed by atoms with Crippen LogP contribution in [0.2, 0.25) is 5.02 Å². The molecule has 0 fully saturated rings. The van der Waals surface area contributed by atoms with Gasteiger partial charge in [-0.25, -0.2) is 0 Å². The Morgan fingerprint density at radius 2 is 2.25 bits per heavy atom. The van der Waals surface area contributed by atoms with Gasteiger partial charge in [0, 0.05) is 17.4 Å². The van der Waals surface area contributed by atoms with E-state index in [-0.39, 0.29) is 5.91 Å². The van der Waals surface area contributed by atoms with Gasteiger partial charge >= 0.3 is 0 Å². The molecule has 1 heterocycles. The van der Waals surface area contributed by atoms with Crippen LogP contribution in [0.1, 0.15) is 21.6 Å². The SMILES string of the molecule is Cc1cc(C#CCN)ccc1NC(=O)c1cc(Cl)c[nH]1. The first-order valence-electron chi connectivity index (χ1n) is 6.05. The van der Waals surface area contributed by atoms with Crippen LogP contribution in [-0.2, 0) is 0 Å². The van der Waals surface area contributed by atoms with Gasteiger partial charge in [0.05, 0.1) is 11.6 Å². The van der Waals surface area contributed by atoms with Crippen LogP contribution in [0.5, 0.6) is 0 Å². The van der Waals surface area contributed by atoms with Crippen molar-refractivity contribution in [1.82, 2.24) is 4.98 Å². The van der Waals surface area contributed by atoms with Crippen LogP contribution in [0, 0.1) is 18.8 Å². The number of halogens is 1. The number of amides is 1. The summed E-state index contributed by atoms with van der Waals surface area (Å²) in [5, 5.41) is 3.32. The molecule has 102 valence electrons. The molecule has 0 saturated carbocycles. The molecule has 0 saturated heterocycles. The van der Waals surface area contributed by atoms with E-state index in [0.717, 1.165) is 16.8 Å². The van der Waals surface area contributed by atoms with Crippen molar-refractivity contribution in [1.29, 1.82) is 0 Å². The molecule has 2 aromatic rings. The van der Waals surface area contributed by atoms with Gasteiger partial charge < -0.3 is 16.0 Å².